The Balaban J connectivity index is 1.63. The Morgan fingerprint density at radius 3 is 2.62 bits per heavy atom. The number of aromatic nitrogens is 2. The number of nitrogens with one attached hydrogen (secondary N) is 2. The van der Waals surface area contributed by atoms with Crippen molar-refractivity contribution >= 4 is 5.91 Å². The number of morpholine rings is 1. The molecule has 0 aliphatic carbocycles. The number of H-pyrrole nitrogens is 1. The van der Waals surface area contributed by atoms with Gasteiger partial charge in [0.05, 0.1) is 13.2 Å². The topological polar surface area (TPSA) is 87.3 Å². The van der Waals surface area contributed by atoms with E-state index in [2.05, 4.69) is 26.5 Å². The van der Waals surface area contributed by atoms with Crippen molar-refractivity contribution in [2.24, 2.45) is 0 Å². The third-order valence-electron chi connectivity index (χ3n) is 3.97. The van der Waals surface area contributed by atoms with E-state index < -0.39 is 0 Å². The van der Waals surface area contributed by atoms with Gasteiger partial charge in [0.2, 0.25) is 0 Å². The largest absolute Gasteiger partial charge is 0.379 e. The van der Waals surface area contributed by atoms with Crippen LogP contribution in [0.15, 0.2) is 41.2 Å². The predicted molar refractivity (Wildman–Crippen MR) is 88.6 cm³/mol. The standard InChI is InChI=1S/C17H20N4O3/c22-16-6-5-15(19-20-16)17(23)18-11-13-3-1-2-4-14(13)12-21-7-9-24-10-8-21/h1-6H,7-12H2,(H,18,23)(H,20,22). The zero-order valence-corrected chi connectivity index (χ0v) is 13.3. The zero-order valence-electron chi connectivity index (χ0n) is 13.3. The first-order valence-corrected chi connectivity index (χ1v) is 7.93. The number of carbonyl (C=O) groups is 1. The first kappa shape index (κ1) is 16.4. The van der Waals surface area contributed by atoms with Gasteiger partial charge >= 0.3 is 0 Å². The number of carbonyl (C=O) groups excluding carboxylic acids is 1. The van der Waals surface area contributed by atoms with Gasteiger partial charge in [-0.2, -0.15) is 5.10 Å². The van der Waals surface area contributed by atoms with Gasteiger partial charge in [-0.05, 0) is 17.2 Å². The summed E-state index contributed by atoms with van der Waals surface area (Å²) in [7, 11) is 0. The van der Waals surface area contributed by atoms with Crippen LogP contribution in [0.1, 0.15) is 21.6 Å². The van der Waals surface area contributed by atoms with Crippen molar-refractivity contribution in [3.63, 3.8) is 0 Å². The molecule has 0 radical (unpaired) electrons. The Hall–Kier alpha value is -2.51. The van der Waals surface area contributed by atoms with Gasteiger partial charge in [0.15, 0.2) is 0 Å². The highest BCUT2D eigenvalue weighted by Gasteiger charge is 2.13. The van der Waals surface area contributed by atoms with Crippen LogP contribution in [0.5, 0.6) is 0 Å². The average molecular weight is 328 g/mol. The summed E-state index contributed by atoms with van der Waals surface area (Å²) in [6.45, 7) is 4.62. The molecular formula is C17H20N4O3. The van der Waals surface area contributed by atoms with Crippen molar-refractivity contribution in [2.75, 3.05) is 26.3 Å². The van der Waals surface area contributed by atoms with Crippen LogP contribution in [-0.4, -0.2) is 47.3 Å². The Bertz CT molecular complexity index is 733. The first-order chi connectivity index (χ1) is 11.7. The Morgan fingerprint density at radius 1 is 1.17 bits per heavy atom. The van der Waals surface area contributed by atoms with Gasteiger partial charge in [0.25, 0.3) is 11.5 Å². The number of rotatable bonds is 5. The minimum Gasteiger partial charge on any atom is -0.379 e. The molecule has 0 atom stereocenters. The monoisotopic (exact) mass is 328 g/mol. The molecule has 3 rings (SSSR count). The lowest BCUT2D eigenvalue weighted by molar-refractivity contribution is 0.0340. The summed E-state index contributed by atoms with van der Waals surface area (Å²) in [5.74, 6) is -0.313. The number of amides is 1. The molecule has 1 aromatic carbocycles. The molecule has 0 spiro atoms. The van der Waals surface area contributed by atoms with Crippen LogP contribution in [0.2, 0.25) is 0 Å². The normalized spacial score (nSPS) is 15.2. The van der Waals surface area contributed by atoms with Crippen LogP contribution < -0.4 is 10.9 Å². The predicted octanol–water partition coefficient (Wildman–Crippen LogP) is 0.532. The molecule has 2 heterocycles. The highest BCUT2D eigenvalue weighted by atomic mass is 16.5. The Kier molecular flexibility index (Phi) is 5.35. The first-order valence-electron chi connectivity index (χ1n) is 7.93. The van der Waals surface area contributed by atoms with E-state index in [-0.39, 0.29) is 17.2 Å². The summed E-state index contributed by atoms with van der Waals surface area (Å²) >= 11 is 0. The minimum absolute atomic E-state index is 0.195. The fraction of sp³-hybridized carbons (Fsp3) is 0.353. The molecule has 7 heteroatoms. The summed E-state index contributed by atoms with van der Waals surface area (Å²) in [6, 6.07) is 10.8. The highest BCUT2D eigenvalue weighted by Crippen LogP contribution is 2.13. The molecule has 1 aliphatic heterocycles. The lowest BCUT2D eigenvalue weighted by Gasteiger charge is -2.27. The molecule has 1 fully saturated rings. The van der Waals surface area contributed by atoms with E-state index in [1.807, 2.05) is 18.2 Å². The SMILES string of the molecule is O=C(NCc1ccccc1CN1CCOCC1)c1ccc(=O)[nH]n1. The van der Waals surface area contributed by atoms with Gasteiger partial charge in [0, 0.05) is 32.2 Å². The number of benzene rings is 1. The fourth-order valence-electron chi connectivity index (χ4n) is 2.62. The van der Waals surface area contributed by atoms with Crippen LogP contribution in [0.25, 0.3) is 0 Å². The summed E-state index contributed by atoms with van der Waals surface area (Å²) in [6.07, 6.45) is 0. The highest BCUT2D eigenvalue weighted by molar-refractivity contribution is 5.91. The van der Waals surface area contributed by atoms with Gasteiger partial charge in [-0.15, -0.1) is 0 Å². The minimum atomic E-state index is -0.331. The lowest BCUT2D eigenvalue weighted by Crippen LogP contribution is -2.36. The van der Waals surface area contributed by atoms with Gasteiger partial charge < -0.3 is 10.1 Å². The van der Waals surface area contributed by atoms with Gasteiger partial charge in [-0.3, -0.25) is 14.5 Å². The molecule has 1 saturated heterocycles. The van der Waals surface area contributed by atoms with E-state index in [0.29, 0.717) is 6.54 Å². The number of nitrogens with zero attached hydrogens (tertiary/aromatic N) is 2. The van der Waals surface area contributed by atoms with E-state index in [9.17, 15) is 9.59 Å². The maximum absolute atomic E-state index is 12.1. The molecule has 7 nitrogen and oxygen atoms in total. The molecule has 2 aromatic rings. The van der Waals surface area contributed by atoms with E-state index in [4.69, 9.17) is 4.74 Å². The molecular weight excluding hydrogens is 308 g/mol. The smallest absolute Gasteiger partial charge is 0.271 e. The van der Waals surface area contributed by atoms with E-state index in [0.717, 1.165) is 38.4 Å². The number of hydrogen-bond donors (Lipinski definition) is 2. The second kappa shape index (κ2) is 7.85. The van der Waals surface area contributed by atoms with Crippen molar-refractivity contribution in [1.82, 2.24) is 20.4 Å². The molecule has 126 valence electrons. The third-order valence-corrected chi connectivity index (χ3v) is 3.97. The van der Waals surface area contributed by atoms with Crippen LogP contribution in [0.3, 0.4) is 0 Å². The molecule has 24 heavy (non-hydrogen) atoms. The van der Waals surface area contributed by atoms with Crippen molar-refractivity contribution in [2.45, 2.75) is 13.1 Å². The third kappa shape index (κ3) is 4.27. The molecule has 1 aromatic heterocycles. The van der Waals surface area contributed by atoms with Crippen molar-refractivity contribution in [3.8, 4) is 0 Å². The van der Waals surface area contributed by atoms with Gasteiger partial charge in [-0.25, -0.2) is 5.10 Å². The van der Waals surface area contributed by atoms with Crippen LogP contribution in [-0.2, 0) is 17.8 Å². The summed E-state index contributed by atoms with van der Waals surface area (Å²) in [5.41, 5.74) is 2.12. The second-order valence-electron chi connectivity index (χ2n) is 5.65. The van der Waals surface area contributed by atoms with Crippen molar-refractivity contribution < 1.29 is 9.53 Å². The van der Waals surface area contributed by atoms with Gasteiger partial charge in [-0.1, -0.05) is 24.3 Å². The lowest BCUT2D eigenvalue weighted by atomic mass is 10.1. The second-order valence-corrected chi connectivity index (χ2v) is 5.65. The fourth-order valence-corrected chi connectivity index (χ4v) is 2.62. The van der Waals surface area contributed by atoms with E-state index in [1.54, 1.807) is 0 Å². The molecule has 0 bridgehead atoms. The molecule has 0 saturated carbocycles. The molecule has 0 unspecified atom stereocenters. The average Bonchev–Trinajstić information content (AvgIpc) is 2.62. The summed E-state index contributed by atoms with van der Waals surface area (Å²) in [4.78, 5) is 25.4. The number of aromatic amines is 1. The Morgan fingerprint density at radius 2 is 1.92 bits per heavy atom. The van der Waals surface area contributed by atoms with Gasteiger partial charge in [0.1, 0.15) is 5.69 Å². The Labute approximate surface area is 139 Å². The van der Waals surface area contributed by atoms with Crippen LogP contribution >= 0.6 is 0 Å². The molecule has 2 N–H and O–H groups in total. The molecule has 1 aliphatic rings. The quantitative estimate of drug-likeness (QED) is 0.836. The molecule has 1 amide bonds. The number of hydrogen-bond acceptors (Lipinski definition) is 5. The van der Waals surface area contributed by atoms with E-state index in [1.165, 1.54) is 17.7 Å². The maximum Gasteiger partial charge on any atom is 0.271 e. The van der Waals surface area contributed by atoms with E-state index >= 15 is 0 Å². The van der Waals surface area contributed by atoms with Crippen LogP contribution in [0.4, 0.5) is 0 Å². The zero-order chi connectivity index (χ0) is 16.8. The van der Waals surface area contributed by atoms with Crippen molar-refractivity contribution in [3.05, 3.63) is 63.6 Å². The summed E-state index contributed by atoms with van der Waals surface area (Å²) in [5, 5.41) is 8.84. The summed E-state index contributed by atoms with van der Waals surface area (Å²) < 4.78 is 5.37. The number of ether oxygens (including phenoxy) is 1. The van der Waals surface area contributed by atoms with Crippen molar-refractivity contribution in [1.29, 1.82) is 0 Å². The maximum atomic E-state index is 12.1. The van der Waals surface area contributed by atoms with Crippen LogP contribution in [0, 0.1) is 0 Å².